The number of hydrogen-bond acceptors (Lipinski definition) is 4. The van der Waals surface area contributed by atoms with Crippen molar-refractivity contribution in [3.63, 3.8) is 0 Å². The monoisotopic (exact) mass is 366 g/mol. The first-order valence-corrected chi connectivity index (χ1v) is 9.34. The molecule has 134 valence electrons. The standard InChI is InChI=1S/C20H22N4OS/c1-12-5-8-16(9-6-12)18-22-20(24-23-18)26-15(4)19(25)21-17-10-7-13(2)11-14(17)3/h5-11,15H,1-4H3,(H,21,25)(H,22,23,24)/t15-/m0/s1. The zero-order valence-corrected chi connectivity index (χ0v) is 16.1. The van der Waals surface area contributed by atoms with Crippen LogP contribution >= 0.6 is 11.8 Å². The first kappa shape index (κ1) is 18.2. The van der Waals surface area contributed by atoms with E-state index in [-0.39, 0.29) is 11.2 Å². The van der Waals surface area contributed by atoms with Gasteiger partial charge < -0.3 is 5.32 Å². The van der Waals surface area contributed by atoms with Gasteiger partial charge in [-0.05, 0) is 39.3 Å². The Morgan fingerprint density at radius 2 is 1.77 bits per heavy atom. The molecule has 6 heteroatoms. The van der Waals surface area contributed by atoms with Gasteiger partial charge in [-0.15, -0.1) is 5.10 Å². The van der Waals surface area contributed by atoms with Crippen molar-refractivity contribution in [1.82, 2.24) is 15.2 Å². The van der Waals surface area contributed by atoms with E-state index in [0.29, 0.717) is 11.0 Å². The summed E-state index contributed by atoms with van der Waals surface area (Å²) < 4.78 is 0. The number of amides is 1. The van der Waals surface area contributed by atoms with Gasteiger partial charge in [0.1, 0.15) is 0 Å². The predicted molar refractivity (Wildman–Crippen MR) is 106 cm³/mol. The number of carbonyl (C=O) groups is 1. The van der Waals surface area contributed by atoms with Gasteiger partial charge in [-0.1, -0.05) is 59.3 Å². The number of nitrogens with one attached hydrogen (secondary N) is 2. The van der Waals surface area contributed by atoms with Crippen LogP contribution in [0.25, 0.3) is 11.4 Å². The molecule has 5 nitrogen and oxygen atoms in total. The minimum absolute atomic E-state index is 0.0661. The van der Waals surface area contributed by atoms with Gasteiger partial charge in [-0.3, -0.25) is 9.89 Å². The third-order valence-electron chi connectivity index (χ3n) is 4.08. The maximum atomic E-state index is 12.5. The number of aryl methyl sites for hydroxylation is 3. The van der Waals surface area contributed by atoms with Gasteiger partial charge in [-0.2, -0.15) is 0 Å². The van der Waals surface area contributed by atoms with Crippen LogP contribution in [0.4, 0.5) is 5.69 Å². The summed E-state index contributed by atoms with van der Waals surface area (Å²) in [5.41, 5.74) is 5.23. The minimum Gasteiger partial charge on any atom is -0.325 e. The Morgan fingerprint density at radius 1 is 1.08 bits per heavy atom. The van der Waals surface area contributed by atoms with Crippen LogP contribution in [0.15, 0.2) is 47.6 Å². The number of nitrogens with zero attached hydrogens (tertiary/aromatic N) is 2. The quantitative estimate of drug-likeness (QED) is 0.652. The van der Waals surface area contributed by atoms with E-state index in [2.05, 4.69) is 26.6 Å². The number of thioether (sulfide) groups is 1. The number of rotatable bonds is 5. The van der Waals surface area contributed by atoms with Gasteiger partial charge in [0.25, 0.3) is 0 Å². The average Bonchev–Trinajstić information content (AvgIpc) is 3.06. The summed E-state index contributed by atoms with van der Waals surface area (Å²) in [5.74, 6) is 0.637. The molecule has 0 unspecified atom stereocenters. The second-order valence-corrected chi connectivity index (χ2v) is 7.71. The SMILES string of the molecule is Cc1ccc(-c2nc(S[C@@H](C)C(=O)Nc3ccc(C)cc3C)n[nH]2)cc1. The van der Waals surface area contributed by atoms with Crippen LogP contribution < -0.4 is 5.32 Å². The molecule has 0 radical (unpaired) electrons. The molecule has 3 aromatic rings. The van der Waals surface area contributed by atoms with E-state index in [1.807, 2.05) is 64.1 Å². The lowest BCUT2D eigenvalue weighted by atomic mass is 10.1. The minimum atomic E-state index is -0.308. The molecule has 0 aliphatic carbocycles. The molecule has 0 saturated carbocycles. The molecule has 1 heterocycles. The summed E-state index contributed by atoms with van der Waals surface area (Å²) in [7, 11) is 0. The topological polar surface area (TPSA) is 70.7 Å². The van der Waals surface area contributed by atoms with E-state index < -0.39 is 0 Å². The molecule has 0 aliphatic heterocycles. The lowest BCUT2D eigenvalue weighted by Gasteiger charge is -2.12. The van der Waals surface area contributed by atoms with Gasteiger partial charge >= 0.3 is 0 Å². The van der Waals surface area contributed by atoms with Crippen molar-refractivity contribution >= 4 is 23.4 Å². The Bertz CT molecular complexity index is 918. The lowest BCUT2D eigenvalue weighted by molar-refractivity contribution is -0.115. The summed E-state index contributed by atoms with van der Waals surface area (Å²) in [6, 6.07) is 14.0. The highest BCUT2D eigenvalue weighted by atomic mass is 32.2. The number of aromatic amines is 1. The van der Waals surface area contributed by atoms with Gasteiger partial charge in [-0.25, -0.2) is 4.98 Å². The highest BCUT2D eigenvalue weighted by molar-refractivity contribution is 8.00. The summed E-state index contributed by atoms with van der Waals surface area (Å²) in [4.78, 5) is 17.0. The smallest absolute Gasteiger partial charge is 0.237 e. The summed E-state index contributed by atoms with van der Waals surface area (Å²) in [5, 5.41) is 10.4. The molecule has 1 amide bonds. The van der Waals surface area contributed by atoms with Crippen LogP contribution in [-0.2, 0) is 4.79 Å². The van der Waals surface area contributed by atoms with Gasteiger partial charge in [0, 0.05) is 11.3 Å². The molecular formula is C20H22N4OS. The van der Waals surface area contributed by atoms with Gasteiger partial charge in [0.2, 0.25) is 11.1 Å². The maximum absolute atomic E-state index is 12.5. The molecule has 2 N–H and O–H groups in total. The number of H-pyrrole nitrogens is 1. The van der Waals surface area contributed by atoms with Crippen LogP contribution in [-0.4, -0.2) is 26.3 Å². The van der Waals surface area contributed by atoms with E-state index in [4.69, 9.17) is 0 Å². The third kappa shape index (κ3) is 4.32. The van der Waals surface area contributed by atoms with E-state index in [9.17, 15) is 4.79 Å². The van der Waals surface area contributed by atoms with Crippen LogP contribution in [0.5, 0.6) is 0 Å². The molecule has 3 rings (SSSR count). The Kier molecular flexibility index (Phi) is 5.42. The second-order valence-electron chi connectivity index (χ2n) is 6.40. The molecule has 0 spiro atoms. The van der Waals surface area contributed by atoms with Crippen molar-refractivity contribution in [2.24, 2.45) is 0 Å². The fourth-order valence-corrected chi connectivity index (χ4v) is 3.26. The Morgan fingerprint density at radius 3 is 2.46 bits per heavy atom. The van der Waals surface area contributed by atoms with Crippen molar-refractivity contribution < 1.29 is 4.79 Å². The number of carbonyl (C=O) groups excluding carboxylic acids is 1. The van der Waals surface area contributed by atoms with Crippen LogP contribution in [0, 0.1) is 20.8 Å². The van der Waals surface area contributed by atoms with E-state index in [1.165, 1.54) is 22.9 Å². The molecule has 26 heavy (non-hydrogen) atoms. The molecule has 0 bridgehead atoms. The molecule has 1 aromatic heterocycles. The molecular weight excluding hydrogens is 344 g/mol. The fraction of sp³-hybridized carbons (Fsp3) is 0.250. The van der Waals surface area contributed by atoms with Crippen molar-refractivity contribution in [3.8, 4) is 11.4 Å². The Labute approximate surface area is 157 Å². The first-order chi connectivity index (χ1) is 12.4. The Hall–Kier alpha value is -2.60. The second kappa shape index (κ2) is 7.74. The fourth-order valence-electron chi connectivity index (χ4n) is 2.54. The zero-order chi connectivity index (χ0) is 18.7. The average molecular weight is 366 g/mol. The normalized spacial score (nSPS) is 12.0. The summed E-state index contributed by atoms with van der Waals surface area (Å²) in [6.45, 7) is 7.92. The molecule has 0 aliphatic rings. The molecule has 2 aromatic carbocycles. The predicted octanol–water partition coefficient (Wildman–Crippen LogP) is 4.52. The Balaban J connectivity index is 1.65. The van der Waals surface area contributed by atoms with Crippen molar-refractivity contribution in [2.75, 3.05) is 5.32 Å². The van der Waals surface area contributed by atoms with E-state index >= 15 is 0 Å². The van der Waals surface area contributed by atoms with E-state index in [0.717, 1.165) is 16.8 Å². The van der Waals surface area contributed by atoms with Crippen LogP contribution in [0.3, 0.4) is 0 Å². The molecule has 0 saturated heterocycles. The number of anilines is 1. The van der Waals surface area contributed by atoms with Gasteiger partial charge in [0.05, 0.1) is 5.25 Å². The highest BCUT2D eigenvalue weighted by Gasteiger charge is 2.18. The highest BCUT2D eigenvalue weighted by Crippen LogP contribution is 2.24. The number of hydrogen-bond donors (Lipinski definition) is 2. The zero-order valence-electron chi connectivity index (χ0n) is 15.3. The number of benzene rings is 2. The molecule has 1 atom stereocenters. The van der Waals surface area contributed by atoms with Crippen LogP contribution in [0.2, 0.25) is 0 Å². The largest absolute Gasteiger partial charge is 0.325 e. The summed E-state index contributed by atoms with van der Waals surface area (Å²) >= 11 is 1.33. The van der Waals surface area contributed by atoms with Crippen molar-refractivity contribution in [1.29, 1.82) is 0 Å². The van der Waals surface area contributed by atoms with Gasteiger partial charge in [0.15, 0.2) is 5.82 Å². The maximum Gasteiger partial charge on any atom is 0.237 e. The third-order valence-corrected chi connectivity index (χ3v) is 5.04. The molecule has 0 fully saturated rings. The van der Waals surface area contributed by atoms with Crippen LogP contribution in [0.1, 0.15) is 23.6 Å². The summed E-state index contributed by atoms with van der Waals surface area (Å²) in [6.07, 6.45) is 0. The van der Waals surface area contributed by atoms with E-state index in [1.54, 1.807) is 0 Å². The lowest BCUT2D eigenvalue weighted by Crippen LogP contribution is -2.23. The number of aromatic nitrogens is 3. The van der Waals surface area contributed by atoms with Crippen molar-refractivity contribution in [2.45, 2.75) is 38.1 Å². The first-order valence-electron chi connectivity index (χ1n) is 8.46. The van der Waals surface area contributed by atoms with Crippen molar-refractivity contribution in [3.05, 3.63) is 59.2 Å².